The second kappa shape index (κ2) is 8.34. The van der Waals surface area contributed by atoms with Gasteiger partial charge in [-0.1, -0.05) is 0 Å². The van der Waals surface area contributed by atoms with Gasteiger partial charge in [0, 0.05) is 18.7 Å². The lowest BCUT2D eigenvalue weighted by atomic mass is 10.2. The molecule has 1 aliphatic heterocycles. The minimum Gasteiger partial charge on any atom is -0.497 e. The third-order valence-electron chi connectivity index (χ3n) is 4.05. The van der Waals surface area contributed by atoms with Crippen LogP contribution < -0.4 is 26.6 Å². The Morgan fingerprint density at radius 3 is 2.77 bits per heavy atom. The predicted octanol–water partition coefficient (Wildman–Crippen LogP) is 1.42. The Hall–Kier alpha value is -3.07. The highest BCUT2D eigenvalue weighted by Crippen LogP contribution is 2.22. The van der Waals surface area contributed by atoms with Crippen molar-refractivity contribution >= 4 is 23.2 Å². The topological polar surface area (TPSA) is 123 Å². The van der Waals surface area contributed by atoms with Gasteiger partial charge in [-0.3, -0.25) is 15.6 Å². The number of anilines is 3. The first-order chi connectivity index (χ1) is 12.7. The maximum atomic E-state index is 12.2. The number of hydrogen-bond donors (Lipinski definition) is 4. The Morgan fingerprint density at radius 2 is 2.08 bits per heavy atom. The Morgan fingerprint density at radius 1 is 1.31 bits per heavy atom. The van der Waals surface area contributed by atoms with E-state index in [9.17, 15) is 4.79 Å². The Labute approximate surface area is 151 Å². The van der Waals surface area contributed by atoms with Crippen LogP contribution in [0, 0.1) is 0 Å². The second-order valence-corrected chi connectivity index (χ2v) is 5.81. The molecule has 0 aliphatic carbocycles. The molecule has 9 nitrogen and oxygen atoms in total. The molecule has 1 aliphatic rings. The number of nitrogens with two attached hydrogens (primary N) is 1. The number of carbonyl (C=O) groups is 1. The summed E-state index contributed by atoms with van der Waals surface area (Å²) in [6, 6.07) is 6.74. The van der Waals surface area contributed by atoms with Gasteiger partial charge in [-0.2, -0.15) is 0 Å². The number of nitrogens with zero attached hydrogens (tertiary/aromatic N) is 2. The average molecular weight is 358 g/mol. The van der Waals surface area contributed by atoms with Gasteiger partial charge in [-0.15, -0.1) is 0 Å². The highest BCUT2D eigenvalue weighted by Gasteiger charge is 2.16. The molecule has 1 saturated heterocycles. The fourth-order valence-corrected chi connectivity index (χ4v) is 2.58. The minimum absolute atomic E-state index is 0.163. The summed E-state index contributed by atoms with van der Waals surface area (Å²) < 4.78 is 10.6. The molecular weight excluding hydrogens is 336 g/mol. The number of hydrogen-bond acceptors (Lipinski definition) is 8. The van der Waals surface area contributed by atoms with Crippen LogP contribution in [0.15, 0.2) is 30.6 Å². The zero-order valence-corrected chi connectivity index (χ0v) is 14.5. The van der Waals surface area contributed by atoms with Crippen molar-refractivity contribution in [1.82, 2.24) is 15.4 Å². The number of aromatic nitrogens is 2. The third-order valence-corrected chi connectivity index (χ3v) is 4.05. The molecule has 1 aromatic heterocycles. The van der Waals surface area contributed by atoms with Crippen LogP contribution in [0.1, 0.15) is 23.2 Å². The van der Waals surface area contributed by atoms with Gasteiger partial charge in [-0.05, 0) is 37.1 Å². The number of methoxy groups -OCH3 is 1. The van der Waals surface area contributed by atoms with E-state index in [4.69, 9.17) is 15.2 Å². The lowest BCUT2D eigenvalue weighted by Crippen LogP contribution is -2.30. The van der Waals surface area contributed by atoms with E-state index in [0.29, 0.717) is 35.2 Å². The largest absolute Gasteiger partial charge is 0.497 e. The molecule has 1 amide bonds. The molecule has 1 fully saturated rings. The predicted molar refractivity (Wildman–Crippen MR) is 98.0 cm³/mol. The summed E-state index contributed by atoms with van der Waals surface area (Å²) in [6.45, 7) is 1.41. The van der Waals surface area contributed by atoms with Gasteiger partial charge in [0.15, 0.2) is 11.6 Å². The van der Waals surface area contributed by atoms with E-state index in [0.717, 1.165) is 19.4 Å². The van der Waals surface area contributed by atoms with Crippen molar-refractivity contribution in [3.05, 3.63) is 36.2 Å². The molecule has 0 bridgehead atoms. The van der Waals surface area contributed by atoms with E-state index in [2.05, 4.69) is 26.1 Å². The summed E-state index contributed by atoms with van der Waals surface area (Å²) in [5.74, 6) is 1.17. The second-order valence-electron chi connectivity index (χ2n) is 5.81. The minimum atomic E-state index is -0.320. The van der Waals surface area contributed by atoms with E-state index in [1.165, 1.54) is 6.33 Å². The standard InChI is InChI=1S/C17H22N6O3/c1-25-12-6-4-11(5-7-12)17(24)23-22-16-14(18)15(20-10-21-16)19-9-13-3-2-8-26-13/h4-7,10,13H,2-3,8-9,18H2,1H3,(H,23,24)(H2,19,20,21,22). The first-order valence-electron chi connectivity index (χ1n) is 8.33. The summed E-state index contributed by atoms with van der Waals surface area (Å²) in [4.78, 5) is 20.4. The van der Waals surface area contributed by atoms with Gasteiger partial charge < -0.3 is 20.5 Å². The van der Waals surface area contributed by atoms with Crippen LogP contribution >= 0.6 is 0 Å². The number of benzene rings is 1. The number of carbonyl (C=O) groups excluding carboxylic acids is 1. The van der Waals surface area contributed by atoms with Crippen LogP contribution in [-0.4, -0.2) is 42.2 Å². The molecule has 2 heterocycles. The summed E-state index contributed by atoms with van der Waals surface area (Å²) in [7, 11) is 1.57. The lowest BCUT2D eigenvalue weighted by molar-refractivity contribution is 0.0962. The first-order valence-corrected chi connectivity index (χ1v) is 8.33. The summed E-state index contributed by atoms with van der Waals surface area (Å²) >= 11 is 0. The molecule has 0 radical (unpaired) electrons. The van der Waals surface area contributed by atoms with Gasteiger partial charge in [0.05, 0.1) is 13.2 Å². The highest BCUT2D eigenvalue weighted by atomic mass is 16.5. The molecule has 9 heteroatoms. The molecule has 1 aromatic carbocycles. The maximum absolute atomic E-state index is 12.2. The van der Waals surface area contributed by atoms with Gasteiger partial charge in [0.2, 0.25) is 0 Å². The molecule has 138 valence electrons. The number of nitrogen functional groups attached to an aromatic ring is 1. The fourth-order valence-electron chi connectivity index (χ4n) is 2.58. The Kier molecular flexibility index (Phi) is 5.69. The smallest absolute Gasteiger partial charge is 0.269 e. The Bertz CT molecular complexity index is 747. The first kappa shape index (κ1) is 17.7. The molecule has 2 aromatic rings. The molecule has 3 rings (SSSR count). The van der Waals surface area contributed by atoms with Crippen molar-refractivity contribution in [2.24, 2.45) is 0 Å². The van der Waals surface area contributed by atoms with Gasteiger partial charge in [0.1, 0.15) is 17.8 Å². The van der Waals surface area contributed by atoms with Crippen molar-refractivity contribution < 1.29 is 14.3 Å². The van der Waals surface area contributed by atoms with Crippen molar-refractivity contribution in [1.29, 1.82) is 0 Å². The quantitative estimate of drug-likeness (QED) is 0.548. The number of hydrazine groups is 1. The Balaban J connectivity index is 1.58. The molecular formula is C17H22N6O3. The SMILES string of the molecule is COc1ccc(C(=O)NNc2ncnc(NCC3CCCO3)c2N)cc1. The van der Waals surface area contributed by atoms with E-state index >= 15 is 0 Å². The van der Waals surface area contributed by atoms with Crippen molar-refractivity contribution in [2.75, 3.05) is 36.7 Å². The number of amides is 1. The van der Waals surface area contributed by atoms with E-state index < -0.39 is 0 Å². The monoisotopic (exact) mass is 358 g/mol. The molecule has 1 atom stereocenters. The molecule has 26 heavy (non-hydrogen) atoms. The van der Waals surface area contributed by atoms with Crippen LogP contribution in [0.2, 0.25) is 0 Å². The van der Waals surface area contributed by atoms with Crippen LogP contribution in [0.3, 0.4) is 0 Å². The van der Waals surface area contributed by atoms with Crippen molar-refractivity contribution in [3.8, 4) is 5.75 Å². The zero-order chi connectivity index (χ0) is 18.4. The summed E-state index contributed by atoms with van der Waals surface area (Å²) in [5.41, 5.74) is 12.2. The average Bonchev–Trinajstić information content (AvgIpc) is 3.19. The van der Waals surface area contributed by atoms with Crippen LogP contribution in [0.4, 0.5) is 17.3 Å². The summed E-state index contributed by atoms with van der Waals surface area (Å²) in [5, 5.41) is 3.16. The molecule has 0 spiro atoms. The van der Waals surface area contributed by atoms with Crippen molar-refractivity contribution in [3.63, 3.8) is 0 Å². The van der Waals surface area contributed by atoms with Gasteiger partial charge in [0.25, 0.3) is 5.91 Å². The van der Waals surface area contributed by atoms with Crippen LogP contribution in [0.5, 0.6) is 5.75 Å². The molecule has 0 saturated carbocycles. The normalized spacial score (nSPS) is 16.1. The van der Waals surface area contributed by atoms with Gasteiger partial charge in [-0.25, -0.2) is 9.97 Å². The molecule has 1 unspecified atom stereocenters. The zero-order valence-electron chi connectivity index (χ0n) is 14.5. The third kappa shape index (κ3) is 4.31. The van der Waals surface area contributed by atoms with E-state index in [-0.39, 0.29) is 12.0 Å². The lowest BCUT2D eigenvalue weighted by Gasteiger charge is -2.15. The van der Waals surface area contributed by atoms with Crippen LogP contribution in [-0.2, 0) is 4.74 Å². The van der Waals surface area contributed by atoms with Crippen molar-refractivity contribution in [2.45, 2.75) is 18.9 Å². The van der Waals surface area contributed by atoms with Gasteiger partial charge >= 0.3 is 0 Å². The number of rotatable bonds is 7. The van der Waals surface area contributed by atoms with Crippen LogP contribution in [0.25, 0.3) is 0 Å². The maximum Gasteiger partial charge on any atom is 0.269 e. The number of nitrogens with one attached hydrogen (secondary N) is 3. The van der Waals surface area contributed by atoms with E-state index in [1.807, 2.05) is 0 Å². The van der Waals surface area contributed by atoms with E-state index in [1.54, 1.807) is 31.4 Å². The highest BCUT2D eigenvalue weighted by molar-refractivity contribution is 5.95. The number of ether oxygens (including phenoxy) is 2. The molecule has 5 N–H and O–H groups in total. The summed E-state index contributed by atoms with van der Waals surface area (Å²) in [6.07, 6.45) is 3.61. The fraction of sp³-hybridized carbons (Fsp3) is 0.353.